The molecule has 4 rings (SSSR count). The average Bonchev–Trinajstić information content (AvgIpc) is 3.25. The molecule has 2 aromatic rings. The van der Waals surface area contributed by atoms with Crippen LogP contribution in [0.4, 0.5) is 18.9 Å². The van der Waals surface area contributed by atoms with Crippen LogP contribution < -0.4 is 5.32 Å². The summed E-state index contributed by atoms with van der Waals surface area (Å²) in [6.07, 6.45) is -0.571. The Morgan fingerprint density at radius 1 is 1.28 bits per heavy atom. The van der Waals surface area contributed by atoms with Crippen molar-refractivity contribution in [2.75, 3.05) is 25.0 Å². The molecule has 0 aliphatic carbocycles. The molecule has 1 unspecified atom stereocenters. The van der Waals surface area contributed by atoms with Crippen LogP contribution in [0.5, 0.6) is 0 Å². The lowest BCUT2D eigenvalue weighted by molar-refractivity contribution is -0.141. The number of imidazole rings is 1. The molecule has 3 heterocycles. The van der Waals surface area contributed by atoms with E-state index < -0.39 is 11.9 Å². The minimum absolute atomic E-state index is 0.0227. The van der Waals surface area contributed by atoms with Crippen LogP contribution in [0.3, 0.4) is 0 Å². The number of aromatic nitrogens is 2. The van der Waals surface area contributed by atoms with E-state index in [4.69, 9.17) is 0 Å². The van der Waals surface area contributed by atoms with E-state index in [0.717, 1.165) is 51.6 Å². The first-order valence-electron chi connectivity index (χ1n) is 8.70. The first-order chi connectivity index (χ1) is 12.0. The van der Waals surface area contributed by atoms with E-state index in [1.807, 2.05) is 0 Å². The Kier molecular flexibility index (Phi) is 4.19. The van der Waals surface area contributed by atoms with Crippen LogP contribution in [0.2, 0.25) is 0 Å². The lowest BCUT2D eigenvalue weighted by Gasteiger charge is -2.32. The summed E-state index contributed by atoms with van der Waals surface area (Å²) in [6, 6.07) is 6.37. The van der Waals surface area contributed by atoms with Crippen molar-refractivity contribution < 1.29 is 13.2 Å². The SMILES string of the molecule is FC(F)(F)c1cnc(C2CCCN(Cc3cccc4c3NCC4)C2)[nH]1. The highest BCUT2D eigenvalue weighted by molar-refractivity contribution is 5.61. The Morgan fingerprint density at radius 3 is 2.96 bits per heavy atom. The summed E-state index contributed by atoms with van der Waals surface area (Å²) >= 11 is 0. The zero-order chi connectivity index (χ0) is 17.4. The number of likely N-dealkylation sites (tertiary alicyclic amines) is 1. The number of rotatable bonds is 3. The lowest BCUT2D eigenvalue weighted by atomic mass is 9.96. The van der Waals surface area contributed by atoms with Crippen LogP contribution >= 0.6 is 0 Å². The van der Waals surface area contributed by atoms with Crippen molar-refractivity contribution in [3.63, 3.8) is 0 Å². The van der Waals surface area contributed by atoms with E-state index in [1.165, 1.54) is 16.8 Å². The third-order valence-corrected chi connectivity index (χ3v) is 5.12. The third kappa shape index (κ3) is 3.38. The number of nitrogens with one attached hydrogen (secondary N) is 2. The van der Waals surface area contributed by atoms with Gasteiger partial charge in [0.25, 0.3) is 0 Å². The number of aromatic amines is 1. The normalized spacial score (nSPS) is 21.2. The van der Waals surface area contributed by atoms with Gasteiger partial charge in [-0.1, -0.05) is 18.2 Å². The number of hydrogen-bond donors (Lipinski definition) is 2. The quantitative estimate of drug-likeness (QED) is 0.886. The highest BCUT2D eigenvalue weighted by Crippen LogP contribution is 2.32. The first kappa shape index (κ1) is 16.4. The summed E-state index contributed by atoms with van der Waals surface area (Å²) in [5.41, 5.74) is 3.10. The fraction of sp³-hybridized carbons (Fsp3) is 0.500. The van der Waals surface area contributed by atoms with Gasteiger partial charge in [-0.05, 0) is 36.9 Å². The van der Waals surface area contributed by atoms with Crippen molar-refractivity contribution in [2.45, 2.75) is 37.9 Å². The summed E-state index contributed by atoms with van der Waals surface area (Å²) in [7, 11) is 0. The minimum atomic E-state index is -4.37. The molecule has 2 aliphatic heterocycles. The van der Waals surface area contributed by atoms with E-state index >= 15 is 0 Å². The predicted octanol–water partition coefficient (Wildman–Crippen LogP) is 3.78. The van der Waals surface area contributed by atoms with Crippen LogP contribution in [0.25, 0.3) is 0 Å². The number of piperidine rings is 1. The Hall–Kier alpha value is -2.02. The van der Waals surface area contributed by atoms with Gasteiger partial charge in [-0.2, -0.15) is 13.2 Å². The summed E-state index contributed by atoms with van der Waals surface area (Å²) in [4.78, 5) is 8.78. The molecule has 2 N–H and O–H groups in total. The molecule has 0 saturated carbocycles. The van der Waals surface area contributed by atoms with Crippen molar-refractivity contribution in [3.8, 4) is 0 Å². The van der Waals surface area contributed by atoms with E-state index in [0.29, 0.717) is 5.82 Å². The number of hydrogen-bond acceptors (Lipinski definition) is 3. The maximum atomic E-state index is 12.8. The van der Waals surface area contributed by atoms with Gasteiger partial charge < -0.3 is 10.3 Å². The molecule has 1 atom stereocenters. The van der Waals surface area contributed by atoms with Crippen molar-refractivity contribution >= 4 is 5.69 Å². The molecule has 0 bridgehead atoms. The molecule has 4 nitrogen and oxygen atoms in total. The van der Waals surface area contributed by atoms with Gasteiger partial charge in [-0.3, -0.25) is 4.90 Å². The van der Waals surface area contributed by atoms with Gasteiger partial charge in [-0.25, -0.2) is 4.98 Å². The van der Waals surface area contributed by atoms with Crippen molar-refractivity contribution in [2.24, 2.45) is 0 Å². The predicted molar refractivity (Wildman–Crippen MR) is 89.5 cm³/mol. The second-order valence-corrected chi connectivity index (χ2v) is 6.88. The van der Waals surface area contributed by atoms with E-state index in [9.17, 15) is 13.2 Å². The number of nitrogens with zero attached hydrogens (tertiary/aromatic N) is 2. The molecule has 1 fully saturated rings. The van der Waals surface area contributed by atoms with Crippen molar-refractivity contribution in [1.82, 2.24) is 14.9 Å². The number of para-hydroxylation sites is 1. The van der Waals surface area contributed by atoms with Crippen molar-refractivity contribution in [3.05, 3.63) is 47.0 Å². The molecule has 1 saturated heterocycles. The fourth-order valence-electron chi connectivity index (χ4n) is 3.89. The van der Waals surface area contributed by atoms with Gasteiger partial charge in [0.1, 0.15) is 11.5 Å². The molecular weight excluding hydrogens is 329 g/mol. The van der Waals surface area contributed by atoms with Crippen LogP contribution in [0, 0.1) is 0 Å². The smallest absolute Gasteiger partial charge is 0.384 e. The second-order valence-electron chi connectivity index (χ2n) is 6.88. The molecule has 134 valence electrons. The molecule has 25 heavy (non-hydrogen) atoms. The fourth-order valence-corrected chi connectivity index (χ4v) is 3.89. The molecule has 0 radical (unpaired) electrons. The number of alkyl halides is 3. The van der Waals surface area contributed by atoms with Gasteiger partial charge in [0.05, 0.1) is 6.20 Å². The number of benzene rings is 1. The molecule has 1 aromatic carbocycles. The largest absolute Gasteiger partial charge is 0.432 e. The number of anilines is 1. The first-order valence-corrected chi connectivity index (χ1v) is 8.70. The summed E-state index contributed by atoms with van der Waals surface area (Å²) < 4.78 is 38.3. The summed E-state index contributed by atoms with van der Waals surface area (Å²) in [6.45, 7) is 3.49. The lowest BCUT2D eigenvalue weighted by Crippen LogP contribution is -2.34. The van der Waals surface area contributed by atoms with Gasteiger partial charge >= 0.3 is 6.18 Å². The Balaban J connectivity index is 1.47. The Bertz CT molecular complexity index is 753. The van der Waals surface area contributed by atoms with Crippen LogP contribution in [-0.4, -0.2) is 34.5 Å². The Labute approximate surface area is 144 Å². The molecule has 1 aromatic heterocycles. The highest BCUT2D eigenvalue weighted by Gasteiger charge is 2.34. The molecule has 0 spiro atoms. The molecule has 0 amide bonds. The Morgan fingerprint density at radius 2 is 2.16 bits per heavy atom. The van der Waals surface area contributed by atoms with Gasteiger partial charge in [0, 0.05) is 31.2 Å². The molecule has 7 heteroatoms. The third-order valence-electron chi connectivity index (χ3n) is 5.12. The maximum Gasteiger partial charge on any atom is 0.432 e. The van der Waals surface area contributed by atoms with E-state index in [1.54, 1.807) is 0 Å². The van der Waals surface area contributed by atoms with Gasteiger partial charge in [0.2, 0.25) is 0 Å². The van der Waals surface area contributed by atoms with Crippen molar-refractivity contribution in [1.29, 1.82) is 0 Å². The topological polar surface area (TPSA) is 44.0 Å². The highest BCUT2D eigenvalue weighted by atomic mass is 19.4. The monoisotopic (exact) mass is 350 g/mol. The second kappa shape index (κ2) is 6.37. The standard InChI is InChI=1S/C18H21F3N4/c19-18(20,21)15-9-23-17(24-15)14-5-2-8-25(11-14)10-13-4-1-3-12-6-7-22-16(12)13/h1,3-4,9,14,22H,2,5-8,10-11H2,(H,23,24). The van der Waals surface area contributed by atoms with Crippen LogP contribution in [0.15, 0.2) is 24.4 Å². The number of H-pyrrole nitrogens is 1. The average molecular weight is 350 g/mol. The summed E-state index contributed by atoms with van der Waals surface area (Å²) in [5, 5.41) is 3.45. The van der Waals surface area contributed by atoms with Crippen LogP contribution in [-0.2, 0) is 19.1 Å². The van der Waals surface area contributed by atoms with E-state index in [-0.39, 0.29) is 5.92 Å². The number of fused-ring (bicyclic) bond motifs is 1. The zero-order valence-corrected chi connectivity index (χ0v) is 13.9. The zero-order valence-electron chi connectivity index (χ0n) is 13.9. The van der Waals surface area contributed by atoms with Gasteiger partial charge in [-0.15, -0.1) is 0 Å². The number of halogens is 3. The van der Waals surface area contributed by atoms with Gasteiger partial charge in [0.15, 0.2) is 0 Å². The summed E-state index contributed by atoms with van der Waals surface area (Å²) in [5.74, 6) is 0.475. The van der Waals surface area contributed by atoms with Crippen LogP contribution in [0.1, 0.15) is 41.4 Å². The minimum Gasteiger partial charge on any atom is -0.384 e. The molecule has 2 aliphatic rings. The maximum absolute atomic E-state index is 12.8. The van der Waals surface area contributed by atoms with E-state index in [2.05, 4.69) is 38.4 Å². The molecular formula is C18H21F3N4.